The highest BCUT2D eigenvalue weighted by atomic mass is 35.5. The summed E-state index contributed by atoms with van der Waals surface area (Å²) < 4.78 is 27.2. The monoisotopic (exact) mass is 367 g/mol. The van der Waals surface area contributed by atoms with E-state index in [0.717, 1.165) is 10.5 Å². The van der Waals surface area contributed by atoms with E-state index in [1.165, 1.54) is 16.1 Å². The van der Waals surface area contributed by atoms with Crippen LogP contribution in [-0.2, 0) is 10.0 Å². The van der Waals surface area contributed by atoms with Gasteiger partial charge in [0.1, 0.15) is 0 Å². The molecule has 0 aliphatic carbocycles. The average molecular weight is 368 g/mol. The number of benzene rings is 2. The van der Waals surface area contributed by atoms with Crippen LogP contribution in [-0.4, -0.2) is 26.0 Å². The number of rotatable bonds is 3. The van der Waals surface area contributed by atoms with Crippen molar-refractivity contribution in [2.45, 2.75) is 16.7 Å². The maximum atomic E-state index is 12.9. The Hall–Kier alpha value is -1.50. The first-order valence-corrected chi connectivity index (χ1v) is 9.76. The summed E-state index contributed by atoms with van der Waals surface area (Å²) in [5.41, 5.74) is 1.96. The Morgan fingerprint density at radius 2 is 1.87 bits per heavy atom. The van der Waals surface area contributed by atoms with E-state index in [1.807, 2.05) is 6.92 Å². The molecule has 2 aromatic carbocycles. The van der Waals surface area contributed by atoms with Gasteiger partial charge in [-0.2, -0.15) is 0 Å². The summed E-state index contributed by atoms with van der Waals surface area (Å²) in [6.45, 7) is 2.30. The van der Waals surface area contributed by atoms with Gasteiger partial charge in [0.05, 0.1) is 10.6 Å². The van der Waals surface area contributed by atoms with Gasteiger partial charge in [0.15, 0.2) is 0 Å². The fraction of sp³-hybridized carbons (Fsp3) is 0.188. The van der Waals surface area contributed by atoms with Crippen molar-refractivity contribution in [1.29, 1.82) is 0 Å². The molecular formula is C16H14ClNO3S2. The minimum Gasteiger partial charge on any atom is -0.276 e. The molecule has 2 aromatic rings. The van der Waals surface area contributed by atoms with E-state index in [4.69, 9.17) is 11.6 Å². The summed E-state index contributed by atoms with van der Waals surface area (Å²) in [7, 11) is -3.62. The lowest BCUT2D eigenvalue weighted by molar-refractivity contribution is 0.108. The molecule has 120 valence electrons. The number of halogens is 1. The third-order valence-electron chi connectivity index (χ3n) is 3.62. The summed E-state index contributed by atoms with van der Waals surface area (Å²) in [4.78, 5) is 12.3. The van der Waals surface area contributed by atoms with Gasteiger partial charge >= 0.3 is 0 Å². The minimum atomic E-state index is -3.62. The van der Waals surface area contributed by atoms with Crippen LogP contribution in [0, 0.1) is 6.92 Å². The largest absolute Gasteiger partial charge is 0.276 e. The van der Waals surface area contributed by atoms with E-state index in [-0.39, 0.29) is 4.90 Å². The maximum Gasteiger partial charge on any atom is 0.264 e. The molecule has 0 fully saturated rings. The van der Waals surface area contributed by atoms with Crippen LogP contribution in [0.1, 0.15) is 15.9 Å². The number of hydrogen-bond acceptors (Lipinski definition) is 4. The summed E-state index contributed by atoms with van der Waals surface area (Å²) >= 11 is 7.02. The van der Waals surface area contributed by atoms with E-state index >= 15 is 0 Å². The van der Waals surface area contributed by atoms with Gasteiger partial charge in [0.2, 0.25) is 0 Å². The topological polar surface area (TPSA) is 54.5 Å². The van der Waals surface area contributed by atoms with Gasteiger partial charge in [-0.05, 0) is 48.9 Å². The van der Waals surface area contributed by atoms with E-state index in [1.54, 1.807) is 42.5 Å². The molecule has 23 heavy (non-hydrogen) atoms. The van der Waals surface area contributed by atoms with Crippen molar-refractivity contribution >= 4 is 44.3 Å². The van der Waals surface area contributed by atoms with E-state index in [0.29, 0.717) is 23.5 Å². The third kappa shape index (κ3) is 3.11. The van der Waals surface area contributed by atoms with E-state index in [9.17, 15) is 13.2 Å². The normalized spacial score (nSPS) is 14.4. The highest BCUT2D eigenvalue weighted by Crippen LogP contribution is 2.38. The molecule has 0 aromatic heterocycles. The quantitative estimate of drug-likeness (QED) is 0.776. The first kappa shape index (κ1) is 16.4. The van der Waals surface area contributed by atoms with Gasteiger partial charge in [0.25, 0.3) is 15.3 Å². The van der Waals surface area contributed by atoms with E-state index in [2.05, 4.69) is 0 Å². The van der Waals surface area contributed by atoms with Crippen LogP contribution in [0.15, 0.2) is 52.3 Å². The van der Waals surface area contributed by atoms with Gasteiger partial charge in [-0.15, -0.1) is 11.8 Å². The highest BCUT2D eigenvalue weighted by molar-refractivity contribution is 8.00. The molecular weight excluding hydrogens is 354 g/mol. The number of carbonyl (C=O) groups is 1. The SMILES string of the molecule is Cc1ccc(S(=O)(=O)N2CCSc3cc(C(=O)Cl)ccc32)cc1. The van der Waals surface area contributed by atoms with Gasteiger partial charge in [-0.25, -0.2) is 8.42 Å². The van der Waals surface area contributed by atoms with Crippen molar-refractivity contribution in [3.8, 4) is 0 Å². The van der Waals surface area contributed by atoms with Crippen LogP contribution in [0.3, 0.4) is 0 Å². The van der Waals surface area contributed by atoms with Crippen molar-refractivity contribution in [1.82, 2.24) is 0 Å². The smallest absolute Gasteiger partial charge is 0.264 e. The zero-order chi connectivity index (χ0) is 16.6. The fourth-order valence-electron chi connectivity index (χ4n) is 2.40. The van der Waals surface area contributed by atoms with Gasteiger partial charge < -0.3 is 0 Å². The van der Waals surface area contributed by atoms with Crippen LogP contribution in [0.4, 0.5) is 5.69 Å². The fourth-order valence-corrected chi connectivity index (χ4v) is 5.21. The number of anilines is 1. The predicted octanol–water partition coefficient (Wildman–Crippen LogP) is 3.68. The Labute approximate surface area is 144 Å². The lowest BCUT2D eigenvalue weighted by atomic mass is 10.2. The molecule has 0 N–H and O–H groups in total. The molecule has 4 nitrogen and oxygen atoms in total. The van der Waals surface area contributed by atoms with Gasteiger partial charge in [-0.3, -0.25) is 9.10 Å². The molecule has 0 saturated heterocycles. The number of nitrogens with zero attached hydrogens (tertiary/aromatic N) is 1. The van der Waals surface area contributed by atoms with Crippen molar-refractivity contribution in [3.63, 3.8) is 0 Å². The zero-order valence-electron chi connectivity index (χ0n) is 12.3. The maximum absolute atomic E-state index is 12.9. The van der Waals surface area contributed by atoms with Crippen molar-refractivity contribution in [2.24, 2.45) is 0 Å². The Balaban J connectivity index is 2.06. The van der Waals surface area contributed by atoms with Crippen molar-refractivity contribution < 1.29 is 13.2 Å². The first-order valence-electron chi connectivity index (χ1n) is 6.96. The molecule has 0 radical (unpaired) electrons. The van der Waals surface area contributed by atoms with Crippen LogP contribution in [0.5, 0.6) is 0 Å². The number of carbonyl (C=O) groups excluding carboxylic acids is 1. The Morgan fingerprint density at radius 1 is 1.17 bits per heavy atom. The Morgan fingerprint density at radius 3 is 2.52 bits per heavy atom. The Bertz CT molecular complexity index is 863. The molecule has 0 amide bonds. The molecule has 7 heteroatoms. The van der Waals surface area contributed by atoms with Crippen molar-refractivity contribution in [2.75, 3.05) is 16.6 Å². The minimum absolute atomic E-state index is 0.262. The highest BCUT2D eigenvalue weighted by Gasteiger charge is 2.29. The second-order valence-electron chi connectivity index (χ2n) is 5.19. The summed E-state index contributed by atoms with van der Waals surface area (Å²) in [5, 5.41) is -0.549. The second kappa shape index (κ2) is 6.19. The number of fused-ring (bicyclic) bond motifs is 1. The summed E-state index contributed by atoms with van der Waals surface area (Å²) in [5.74, 6) is 0.623. The molecule has 0 bridgehead atoms. The molecule has 1 heterocycles. The van der Waals surface area contributed by atoms with Crippen molar-refractivity contribution in [3.05, 3.63) is 53.6 Å². The van der Waals surface area contributed by atoms with Gasteiger partial charge in [0, 0.05) is 22.8 Å². The number of hydrogen-bond donors (Lipinski definition) is 0. The number of aryl methyl sites for hydroxylation is 1. The summed E-state index contributed by atoms with van der Waals surface area (Å²) in [6.07, 6.45) is 0. The molecule has 1 aliphatic heterocycles. The molecule has 0 spiro atoms. The second-order valence-corrected chi connectivity index (χ2v) is 8.54. The summed E-state index contributed by atoms with van der Waals surface area (Å²) in [6, 6.07) is 11.6. The zero-order valence-corrected chi connectivity index (χ0v) is 14.7. The molecule has 3 rings (SSSR count). The third-order valence-corrected chi connectivity index (χ3v) is 6.69. The number of sulfonamides is 1. The first-order chi connectivity index (χ1) is 10.9. The van der Waals surface area contributed by atoms with Crippen LogP contribution >= 0.6 is 23.4 Å². The Kier molecular flexibility index (Phi) is 4.40. The average Bonchev–Trinajstić information content (AvgIpc) is 2.54. The van der Waals surface area contributed by atoms with E-state index < -0.39 is 15.3 Å². The predicted molar refractivity (Wildman–Crippen MR) is 93.1 cm³/mol. The standard InChI is InChI=1S/C16H14ClNO3S2/c1-11-2-5-13(6-3-11)23(20,21)18-8-9-22-15-10-12(16(17)19)4-7-14(15)18/h2-7,10H,8-9H2,1H3. The van der Waals surface area contributed by atoms with Gasteiger partial charge in [-0.1, -0.05) is 17.7 Å². The molecule has 0 saturated carbocycles. The van der Waals surface area contributed by atoms with Crippen LogP contribution < -0.4 is 4.31 Å². The van der Waals surface area contributed by atoms with Crippen LogP contribution in [0.25, 0.3) is 0 Å². The molecule has 0 unspecified atom stereocenters. The molecule has 1 aliphatic rings. The molecule has 0 atom stereocenters. The lowest BCUT2D eigenvalue weighted by Crippen LogP contribution is -2.35. The lowest BCUT2D eigenvalue weighted by Gasteiger charge is -2.30. The van der Waals surface area contributed by atoms with Crippen LogP contribution in [0.2, 0.25) is 0 Å². The number of thioether (sulfide) groups is 1.